The van der Waals surface area contributed by atoms with E-state index in [1.807, 2.05) is 44.2 Å². The fourth-order valence-corrected chi connectivity index (χ4v) is 5.97. The lowest BCUT2D eigenvalue weighted by Gasteiger charge is -2.34. The van der Waals surface area contributed by atoms with E-state index < -0.39 is 31.4 Å². The van der Waals surface area contributed by atoms with Crippen molar-refractivity contribution < 1.29 is 28.3 Å². The molecule has 1 saturated carbocycles. The summed E-state index contributed by atoms with van der Waals surface area (Å²) in [6.07, 6.45) is 7.20. The average molecular weight is 511 g/mol. The lowest BCUT2D eigenvalue weighted by atomic mass is 9.84. The highest BCUT2D eigenvalue weighted by Gasteiger charge is 2.41. The zero-order valence-electron chi connectivity index (χ0n) is 21.6. The van der Waals surface area contributed by atoms with Crippen LogP contribution in [0.2, 0.25) is 0 Å². The van der Waals surface area contributed by atoms with Gasteiger partial charge in [-0.3, -0.25) is 24.8 Å². The van der Waals surface area contributed by atoms with Crippen molar-refractivity contribution in [3.8, 4) is 0 Å². The summed E-state index contributed by atoms with van der Waals surface area (Å²) in [6.45, 7) is 3.97. The van der Waals surface area contributed by atoms with E-state index >= 15 is 0 Å². The van der Waals surface area contributed by atoms with E-state index in [4.69, 9.17) is 9.05 Å². The van der Waals surface area contributed by atoms with E-state index in [0.717, 1.165) is 31.2 Å². The average Bonchev–Trinajstić information content (AvgIpc) is 2.86. The van der Waals surface area contributed by atoms with Crippen LogP contribution in [-0.2, 0) is 29.6 Å². The predicted octanol–water partition coefficient (Wildman–Crippen LogP) is 4.41. The van der Waals surface area contributed by atoms with Crippen molar-refractivity contribution >= 4 is 19.4 Å². The number of carbonyl (C=O) groups excluding carboxylic acids is 2. The van der Waals surface area contributed by atoms with Gasteiger partial charge in [0.1, 0.15) is 0 Å². The molecule has 3 N–H and O–H groups in total. The second-order valence-corrected chi connectivity index (χ2v) is 12.3. The standard InChI is InChI=1S/C26H43N2O6P/c1-19(2)17-22(25(30)28-24(29)16-15-20-11-7-5-8-12-20)27-23(18-21-13-9-6-10-14-21)26(31)35(32,33-3)34-4/h5,7-8,11-12,19,21-23,26-27,31H,6,9-10,13-18H2,1-4H3,(H,28,29,30)/t22-,23-,26+/m0/s1. The van der Waals surface area contributed by atoms with Gasteiger partial charge in [0, 0.05) is 26.7 Å². The molecule has 1 aliphatic rings. The van der Waals surface area contributed by atoms with Crippen LogP contribution < -0.4 is 10.6 Å². The SMILES string of the molecule is COP(=O)(OC)[C@@H](O)[C@H](CC1CCCCC1)N[C@@H](CC(C)C)C(=O)NC(=O)CCc1ccccc1. The normalized spacial score (nSPS) is 17.7. The Kier molecular flexibility index (Phi) is 12.6. The van der Waals surface area contributed by atoms with Crippen molar-refractivity contribution in [2.24, 2.45) is 11.8 Å². The molecule has 198 valence electrons. The number of hydrogen-bond donors (Lipinski definition) is 3. The quantitative estimate of drug-likeness (QED) is 0.318. The molecule has 35 heavy (non-hydrogen) atoms. The Morgan fingerprint density at radius 1 is 1.09 bits per heavy atom. The van der Waals surface area contributed by atoms with Gasteiger partial charge in [0.15, 0.2) is 5.85 Å². The summed E-state index contributed by atoms with van der Waals surface area (Å²) in [4.78, 5) is 25.6. The first-order valence-electron chi connectivity index (χ1n) is 12.7. The molecule has 0 saturated heterocycles. The van der Waals surface area contributed by atoms with Crippen LogP contribution >= 0.6 is 7.60 Å². The number of amides is 2. The van der Waals surface area contributed by atoms with Crippen molar-refractivity contribution in [1.82, 2.24) is 10.6 Å². The first-order chi connectivity index (χ1) is 16.7. The van der Waals surface area contributed by atoms with Crippen molar-refractivity contribution in [2.45, 2.75) is 89.6 Å². The number of aliphatic hydroxyl groups excluding tert-OH is 1. The lowest BCUT2D eigenvalue weighted by Crippen LogP contribution is -2.54. The van der Waals surface area contributed by atoms with E-state index in [9.17, 15) is 19.3 Å². The molecule has 0 heterocycles. The Morgan fingerprint density at radius 3 is 2.29 bits per heavy atom. The number of imide groups is 1. The third kappa shape index (κ3) is 9.77. The molecule has 1 fully saturated rings. The molecule has 1 aromatic rings. The predicted molar refractivity (Wildman–Crippen MR) is 137 cm³/mol. The molecule has 3 atom stereocenters. The third-order valence-corrected chi connectivity index (χ3v) is 8.72. The number of rotatable bonds is 14. The lowest BCUT2D eigenvalue weighted by molar-refractivity contribution is -0.132. The van der Waals surface area contributed by atoms with E-state index in [1.165, 1.54) is 20.6 Å². The van der Waals surface area contributed by atoms with Crippen molar-refractivity contribution in [3.63, 3.8) is 0 Å². The molecule has 2 rings (SSSR count). The highest BCUT2D eigenvalue weighted by molar-refractivity contribution is 7.54. The summed E-state index contributed by atoms with van der Waals surface area (Å²) in [6, 6.07) is 8.21. The van der Waals surface area contributed by atoms with Crippen molar-refractivity contribution in [3.05, 3.63) is 35.9 Å². The topological polar surface area (TPSA) is 114 Å². The molecule has 0 bridgehead atoms. The Hall–Kier alpha value is -1.57. The molecule has 8 nitrogen and oxygen atoms in total. The van der Waals surface area contributed by atoms with E-state index in [1.54, 1.807) is 0 Å². The number of nitrogens with one attached hydrogen (secondary N) is 2. The van der Waals surface area contributed by atoms with E-state index in [2.05, 4.69) is 10.6 Å². The van der Waals surface area contributed by atoms with Crippen LogP contribution in [0.15, 0.2) is 30.3 Å². The Morgan fingerprint density at radius 2 is 1.71 bits per heavy atom. The largest absolute Gasteiger partial charge is 0.379 e. The van der Waals surface area contributed by atoms with Gasteiger partial charge in [-0.15, -0.1) is 0 Å². The van der Waals surface area contributed by atoms with Crippen LogP contribution in [0, 0.1) is 11.8 Å². The van der Waals surface area contributed by atoms with Gasteiger partial charge in [0.2, 0.25) is 11.8 Å². The van der Waals surface area contributed by atoms with Gasteiger partial charge < -0.3 is 14.2 Å². The van der Waals surface area contributed by atoms with Gasteiger partial charge in [-0.1, -0.05) is 76.3 Å². The molecule has 2 amide bonds. The van der Waals surface area contributed by atoms with Crippen molar-refractivity contribution in [1.29, 1.82) is 0 Å². The molecule has 9 heteroatoms. The molecule has 0 unspecified atom stereocenters. The molecule has 0 aromatic heterocycles. The Labute approximate surface area is 210 Å². The van der Waals surface area contributed by atoms with Gasteiger partial charge in [-0.05, 0) is 36.7 Å². The zero-order chi connectivity index (χ0) is 25.8. The van der Waals surface area contributed by atoms with E-state index in [0.29, 0.717) is 25.2 Å². The van der Waals surface area contributed by atoms with E-state index in [-0.39, 0.29) is 18.2 Å². The maximum absolute atomic E-state index is 13.1. The van der Waals surface area contributed by atoms with Crippen LogP contribution in [0.25, 0.3) is 0 Å². The minimum Gasteiger partial charge on any atom is -0.379 e. The first-order valence-corrected chi connectivity index (χ1v) is 14.3. The number of aryl methyl sites for hydroxylation is 1. The van der Waals surface area contributed by atoms with Crippen LogP contribution in [0.4, 0.5) is 0 Å². The van der Waals surface area contributed by atoms with Crippen LogP contribution in [-0.4, -0.2) is 49.1 Å². The monoisotopic (exact) mass is 510 g/mol. The van der Waals surface area contributed by atoms with Crippen LogP contribution in [0.3, 0.4) is 0 Å². The molecular weight excluding hydrogens is 467 g/mol. The molecule has 1 aromatic carbocycles. The number of aliphatic hydroxyl groups is 1. The molecule has 0 spiro atoms. The van der Waals surface area contributed by atoms with Gasteiger partial charge >= 0.3 is 7.60 Å². The van der Waals surface area contributed by atoms with Gasteiger partial charge in [0.05, 0.1) is 6.04 Å². The summed E-state index contributed by atoms with van der Waals surface area (Å²) >= 11 is 0. The molecule has 0 aliphatic heterocycles. The molecule has 1 aliphatic carbocycles. The smallest absolute Gasteiger partial charge is 0.359 e. The summed E-state index contributed by atoms with van der Waals surface area (Å²) in [5.74, 6) is -1.73. The summed E-state index contributed by atoms with van der Waals surface area (Å²) in [5.41, 5.74) is 1.03. The summed E-state index contributed by atoms with van der Waals surface area (Å²) < 4.78 is 23.2. The minimum atomic E-state index is -3.79. The molecular formula is C26H43N2O6P. The van der Waals surface area contributed by atoms with Gasteiger partial charge in [-0.2, -0.15) is 0 Å². The molecule has 0 radical (unpaired) electrons. The zero-order valence-corrected chi connectivity index (χ0v) is 22.5. The van der Waals surface area contributed by atoms with Crippen LogP contribution in [0.1, 0.15) is 70.8 Å². The van der Waals surface area contributed by atoms with Gasteiger partial charge in [-0.25, -0.2) is 0 Å². The second-order valence-electron chi connectivity index (χ2n) is 9.91. The third-order valence-electron chi connectivity index (χ3n) is 6.69. The first kappa shape index (κ1) is 29.7. The maximum Gasteiger partial charge on any atom is 0.359 e. The van der Waals surface area contributed by atoms with Gasteiger partial charge in [0.25, 0.3) is 0 Å². The number of hydrogen-bond acceptors (Lipinski definition) is 7. The maximum atomic E-state index is 13.1. The number of carbonyl (C=O) groups is 2. The Balaban J connectivity index is 2.12. The van der Waals surface area contributed by atoms with Crippen molar-refractivity contribution in [2.75, 3.05) is 14.2 Å². The fraction of sp³-hybridized carbons (Fsp3) is 0.692. The summed E-state index contributed by atoms with van der Waals surface area (Å²) in [5, 5.41) is 16.8. The highest BCUT2D eigenvalue weighted by atomic mass is 31.2. The second kappa shape index (κ2) is 14.9. The fourth-order valence-electron chi connectivity index (χ4n) is 4.74. The van der Waals surface area contributed by atoms with Crippen LogP contribution in [0.5, 0.6) is 0 Å². The highest BCUT2D eigenvalue weighted by Crippen LogP contribution is 2.52. The Bertz CT molecular complexity index is 820. The minimum absolute atomic E-state index is 0.154. The number of benzene rings is 1. The summed E-state index contributed by atoms with van der Waals surface area (Å²) in [7, 11) is -1.30.